The van der Waals surface area contributed by atoms with Gasteiger partial charge < -0.3 is 4.74 Å². The van der Waals surface area contributed by atoms with Crippen molar-refractivity contribution in [1.29, 1.82) is 0 Å². The lowest BCUT2D eigenvalue weighted by atomic mass is 10.0. The molecule has 0 N–H and O–H groups in total. The molecule has 0 aliphatic heterocycles. The summed E-state index contributed by atoms with van der Waals surface area (Å²) in [6, 6.07) is 21.4. The summed E-state index contributed by atoms with van der Waals surface area (Å²) in [6.07, 6.45) is 6.59. The van der Waals surface area contributed by atoms with E-state index >= 15 is 0 Å². The Morgan fingerprint density at radius 1 is 0.870 bits per heavy atom. The zero-order valence-corrected chi connectivity index (χ0v) is 13.8. The van der Waals surface area contributed by atoms with Crippen LogP contribution in [0.15, 0.2) is 60.7 Å². The van der Waals surface area contributed by atoms with Gasteiger partial charge in [0.05, 0.1) is 7.11 Å². The fraction of sp³-hybridized carbons (Fsp3) is 0.182. The number of aryl methyl sites for hydroxylation is 1. The van der Waals surface area contributed by atoms with Crippen molar-refractivity contribution in [2.75, 3.05) is 7.11 Å². The molecule has 0 amide bonds. The number of methoxy groups -OCH3 is 1. The van der Waals surface area contributed by atoms with E-state index in [1.54, 1.807) is 7.11 Å². The summed E-state index contributed by atoms with van der Waals surface area (Å²) in [5.41, 5.74) is 3.72. The largest absolute Gasteiger partial charge is 0.496 e. The minimum absolute atomic E-state index is 0.907. The third-order valence-corrected chi connectivity index (χ3v) is 4.04. The molecule has 3 aromatic carbocycles. The fourth-order valence-electron chi connectivity index (χ4n) is 2.87. The molecule has 0 spiro atoms. The average molecular weight is 302 g/mol. The standard InChI is InChI=1S/C22H22O/c1-3-7-17-8-6-9-18(14-17)12-13-21-15-19-10-4-5-11-20(19)16-22(21)23-2/h4-6,8-16H,3,7H2,1-2H3. The minimum Gasteiger partial charge on any atom is -0.496 e. The van der Waals surface area contributed by atoms with Gasteiger partial charge in [-0.25, -0.2) is 0 Å². The summed E-state index contributed by atoms with van der Waals surface area (Å²) in [7, 11) is 1.73. The molecule has 0 bridgehead atoms. The minimum atomic E-state index is 0.907. The Balaban J connectivity index is 1.95. The molecule has 0 saturated carbocycles. The summed E-state index contributed by atoms with van der Waals surface area (Å²) in [5.74, 6) is 0.907. The van der Waals surface area contributed by atoms with Gasteiger partial charge >= 0.3 is 0 Å². The van der Waals surface area contributed by atoms with Crippen molar-refractivity contribution in [3.8, 4) is 5.75 Å². The Labute approximate surface area is 138 Å². The SMILES string of the molecule is CCCc1cccc(C=Cc2cc3ccccc3cc2OC)c1. The van der Waals surface area contributed by atoms with Crippen molar-refractivity contribution in [3.63, 3.8) is 0 Å². The van der Waals surface area contributed by atoms with Crippen LogP contribution in [-0.4, -0.2) is 7.11 Å². The van der Waals surface area contributed by atoms with Gasteiger partial charge in [-0.05, 0) is 40.5 Å². The number of rotatable bonds is 5. The van der Waals surface area contributed by atoms with E-state index in [1.807, 2.05) is 0 Å². The van der Waals surface area contributed by atoms with Gasteiger partial charge in [0.1, 0.15) is 5.75 Å². The third-order valence-electron chi connectivity index (χ3n) is 4.04. The molecule has 0 aliphatic rings. The topological polar surface area (TPSA) is 9.23 Å². The smallest absolute Gasteiger partial charge is 0.126 e. The number of benzene rings is 3. The van der Waals surface area contributed by atoms with E-state index < -0.39 is 0 Å². The van der Waals surface area contributed by atoms with Gasteiger partial charge in [-0.3, -0.25) is 0 Å². The van der Waals surface area contributed by atoms with Crippen molar-refractivity contribution in [2.24, 2.45) is 0 Å². The summed E-state index contributed by atoms with van der Waals surface area (Å²) in [4.78, 5) is 0. The second-order valence-electron chi connectivity index (χ2n) is 5.77. The highest BCUT2D eigenvalue weighted by molar-refractivity contribution is 5.88. The van der Waals surface area contributed by atoms with Gasteiger partial charge in [0, 0.05) is 5.56 Å². The molecule has 0 aromatic heterocycles. The Kier molecular flexibility index (Phi) is 4.77. The van der Waals surface area contributed by atoms with Crippen LogP contribution in [0.2, 0.25) is 0 Å². The zero-order chi connectivity index (χ0) is 16.1. The molecule has 0 radical (unpaired) electrons. The molecule has 1 heteroatoms. The number of fused-ring (bicyclic) bond motifs is 1. The van der Waals surface area contributed by atoms with Crippen LogP contribution in [0.3, 0.4) is 0 Å². The molecule has 116 valence electrons. The van der Waals surface area contributed by atoms with E-state index in [2.05, 4.69) is 79.7 Å². The second-order valence-corrected chi connectivity index (χ2v) is 5.77. The summed E-state index contributed by atoms with van der Waals surface area (Å²) in [5, 5.41) is 2.43. The van der Waals surface area contributed by atoms with E-state index in [0.29, 0.717) is 0 Å². The van der Waals surface area contributed by atoms with Gasteiger partial charge in [0.15, 0.2) is 0 Å². The molecular weight excluding hydrogens is 280 g/mol. The second kappa shape index (κ2) is 7.15. The Morgan fingerprint density at radius 3 is 2.39 bits per heavy atom. The first kappa shape index (κ1) is 15.4. The van der Waals surface area contributed by atoms with E-state index in [0.717, 1.165) is 17.7 Å². The van der Waals surface area contributed by atoms with Crippen LogP contribution in [0, 0.1) is 0 Å². The lowest BCUT2D eigenvalue weighted by Gasteiger charge is -2.07. The average Bonchev–Trinajstić information content (AvgIpc) is 2.59. The first-order chi connectivity index (χ1) is 11.3. The molecular formula is C22H22O. The van der Waals surface area contributed by atoms with Crippen molar-refractivity contribution >= 4 is 22.9 Å². The van der Waals surface area contributed by atoms with Gasteiger partial charge in [-0.15, -0.1) is 0 Å². The zero-order valence-electron chi connectivity index (χ0n) is 13.8. The van der Waals surface area contributed by atoms with Crippen LogP contribution in [0.1, 0.15) is 30.0 Å². The van der Waals surface area contributed by atoms with Crippen molar-refractivity contribution < 1.29 is 4.74 Å². The van der Waals surface area contributed by atoms with E-state index in [9.17, 15) is 0 Å². The number of hydrogen-bond donors (Lipinski definition) is 0. The summed E-state index contributed by atoms with van der Waals surface area (Å²) in [6.45, 7) is 2.21. The van der Waals surface area contributed by atoms with Crippen LogP contribution < -0.4 is 4.74 Å². The molecule has 0 heterocycles. The normalized spacial score (nSPS) is 11.2. The maximum absolute atomic E-state index is 5.55. The highest BCUT2D eigenvalue weighted by atomic mass is 16.5. The molecule has 0 saturated heterocycles. The maximum Gasteiger partial charge on any atom is 0.126 e. The van der Waals surface area contributed by atoms with Crippen molar-refractivity contribution in [1.82, 2.24) is 0 Å². The van der Waals surface area contributed by atoms with Crippen LogP contribution >= 0.6 is 0 Å². The van der Waals surface area contributed by atoms with E-state index in [-0.39, 0.29) is 0 Å². The lowest BCUT2D eigenvalue weighted by molar-refractivity contribution is 0.414. The first-order valence-electron chi connectivity index (χ1n) is 8.14. The number of ether oxygens (including phenoxy) is 1. The molecule has 0 unspecified atom stereocenters. The highest BCUT2D eigenvalue weighted by Gasteiger charge is 2.02. The predicted molar refractivity (Wildman–Crippen MR) is 99.9 cm³/mol. The molecule has 23 heavy (non-hydrogen) atoms. The monoisotopic (exact) mass is 302 g/mol. The van der Waals surface area contributed by atoms with Crippen molar-refractivity contribution in [3.05, 3.63) is 77.4 Å². The highest BCUT2D eigenvalue weighted by Crippen LogP contribution is 2.27. The van der Waals surface area contributed by atoms with E-state index in [4.69, 9.17) is 4.74 Å². The van der Waals surface area contributed by atoms with Crippen LogP contribution in [0.5, 0.6) is 5.75 Å². The van der Waals surface area contributed by atoms with Gasteiger partial charge in [0.2, 0.25) is 0 Å². The van der Waals surface area contributed by atoms with Crippen molar-refractivity contribution in [2.45, 2.75) is 19.8 Å². The third kappa shape index (κ3) is 3.62. The lowest BCUT2D eigenvalue weighted by Crippen LogP contribution is -1.88. The molecule has 1 nitrogen and oxygen atoms in total. The molecule has 0 aliphatic carbocycles. The Bertz CT molecular complexity index is 830. The molecule has 0 atom stereocenters. The van der Waals surface area contributed by atoms with Gasteiger partial charge in [0.25, 0.3) is 0 Å². The fourth-order valence-corrected chi connectivity index (χ4v) is 2.87. The number of hydrogen-bond acceptors (Lipinski definition) is 1. The predicted octanol–water partition coefficient (Wildman–Crippen LogP) is 5.97. The quantitative estimate of drug-likeness (QED) is 0.527. The van der Waals surface area contributed by atoms with Crippen LogP contribution in [0.25, 0.3) is 22.9 Å². The van der Waals surface area contributed by atoms with Gasteiger partial charge in [-0.1, -0.05) is 74.0 Å². The Hall–Kier alpha value is -2.54. The molecule has 0 fully saturated rings. The Morgan fingerprint density at radius 2 is 1.65 bits per heavy atom. The maximum atomic E-state index is 5.55. The van der Waals surface area contributed by atoms with Crippen LogP contribution in [0.4, 0.5) is 0 Å². The molecule has 3 aromatic rings. The summed E-state index contributed by atoms with van der Waals surface area (Å²) < 4.78 is 5.55. The van der Waals surface area contributed by atoms with E-state index in [1.165, 1.54) is 28.3 Å². The van der Waals surface area contributed by atoms with Gasteiger partial charge in [-0.2, -0.15) is 0 Å². The first-order valence-corrected chi connectivity index (χ1v) is 8.14. The summed E-state index contributed by atoms with van der Waals surface area (Å²) >= 11 is 0. The molecule has 3 rings (SSSR count). The van der Waals surface area contributed by atoms with Crippen LogP contribution in [-0.2, 0) is 6.42 Å².